The number of hydrogen-bond donors (Lipinski definition) is 3. The van der Waals surface area contributed by atoms with Gasteiger partial charge in [-0.3, -0.25) is 20.8 Å². The number of hydrazine groups is 1. The molecule has 0 radical (unpaired) electrons. The fourth-order valence-corrected chi connectivity index (χ4v) is 1.69. The van der Waals surface area contributed by atoms with E-state index in [9.17, 15) is 19.3 Å². The summed E-state index contributed by atoms with van der Waals surface area (Å²) >= 11 is 0. The molecule has 0 atom stereocenters. The van der Waals surface area contributed by atoms with Crippen molar-refractivity contribution < 1.29 is 14.1 Å². The van der Waals surface area contributed by atoms with Gasteiger partial charge in [-0.25, -0.2) is 4.39 Å². The Morgan fingerprint density at radius 1 is 1.19 bits per heavy atom. The van der Waals surface area contributed by atoms with E-state index in [-0.39, 0.29) is 16.9 Å². The first kappa shape index (κ1) is 14.4. The van der Waals surface area contributed by atoms with Crippen molar-refractivity contribution in [1.82, 2.24) is 0 Å². The van der Waals surface area contributed by atoms with Crippen LogP contribution in [0.2, 0.25) is 0 Å². The number of nitrogens with two attached hydrogens (primary N) is 1. The minimum Gasteiger partial charge on any atom is -0.322 e. The van der Waals surface area contributed by atoms with Gasteiger partial charge in [-0.2, -0.15) is 0 Å². The van der Waals surface area contributed by atoms with E-state index in [0.717, 1.165) is 0 Å². The molecule has 7 nitrogen and oxygen atoms in total. The smallest absolute Gasteiger partial charge is 0.293 e. The molecule has 0 aliphatic heterocycles. The monoisotopic (exact) mass is 290 g/mol. The van der Waals surface area contributed by atoms with Crippen molar-refractivity contribution >= 4 is 23.0 Å². The number of nitro benzene ring substituents is 1. The molecular weight excluding hydrogens is 279 g/mol. The fraction of sp³-hybridized carbons (Fsp3) is 0. The Morgan fingerprint density at radius 3 is 2.43 bits per heavy atom. The van der Waals surface area contributed by atoms with Crippen molar-refractivity contribution in [3.63, 3.8) is 0 Å². The van der Waals surface area contributed by atoms with Crippen LogP contribution in [0.4, 0.5) is 21.5 Å². The third-order valence-corrected chi connectivity index (χ3v) is 2.71. The van der Waals surface area contributed by atoms with Crippen molar-refractivity contribution in [3.8, 4) is 0 Å². The summed E-state index contributed by atoms with van der Waals surface area (Å²) in [6.07, 6.45) is 0. The Hall–Kier alpha value is -3.00. The number of halogens is 1. The summed E-state index contributed by atoms with van der Waals surface area (Å²) in [4.78, 5) is 22.1. The highest BCUT2D eigenvalue weighted by molar-refractivity contribution is 6.05. The largest absolute Gasteiger partial charge is 0.322 e. The number of nitro groups is 1. The van der Waals surface area contributed by atoms with Crippen LogP contribution in [0, 0.1) is 15.9 Å². The molecule has 0 aliphatic carbocycles. The highest BCUT2D eigenvalue weighted by atomic mass is 19.1. The average Bonchev–Trinajstić information content (AvgIpc) is 2.48. The average molecular weight is 290 g/mol. The van der Waals surface area contributed by atoms with Gasteiger partial charge < -0.3 is 10.7 Å². The number of nitrogens with zero attached hydrogens (tertiary/aromatic N) is 1. The van der Waals surface area contributed by atoms with Crippen LogP contribution in [0.3, 0.4) is 0 Å². The second kappa shape index (κ2) is 5.97. The number of hydrogen-bond acceptors (Lipinski definition) is 5. The Labute approximate surface area is 118 Å². The van der Waals surface area contributed by atoms with Crippen LogP contribution in [0.15, 0.2) is 42.5 Å². The van der Waals surface area contributed by atoms with E-state index in [1.54, 1.807) is 0 Å². The predicted octanol–water partition coefficient (Wildman–Crippen LogP) is 2.27. The molecule has 4 N–H and O–H groups in total. The van der Waals surface area contributed by atoms with Gasteiger partial charge in [0.25, 0.3) is 11.6 Å². The van der Waals surface area contributed by atoms with Crippen LogP contribution in [0.1, 0.15) is 10.4 Å². The van der Waals surface area contributed by atoms with Gasteiger partial charge in [0.15, 0.2) is 0 Å². The highest BCUT2D eigenvalue weighted by Crippen LogP contribution is 2.24. The van der Waals surface area contributed by atoms with Gasteiger partial charge in [-0.1, -0.05) is 0 Å². The highest BCUT2D eigenvalue weighted by Gasteiger charge is 2.16. The number of benzene rings is 2. The topological polar surface area (TPSA) is 110 Å². The molecule has 2 aromatic rings. The summed E-state index contributed by atoms with van der Waals surface area (Å²) in [5, 5.41) is 13.3. The summed E-state index contributed by atoms with van der Waals surface area (Å²) in [5.41, 5.74) is 2.54. The molecule has 2 aromatic carbocycles. The van der Waals surface area contributed by atoms with Crippen molar-refractivity contribution in [2.24, 2.45) is 5.84 Å². The number of rotatable bonds is 4. The van der Waals surface area contributed by atoms with Crippen LogP contribution >= 0.6 is 0 Å². The Balaban J connectivity index is 2.23. The van der Waals surface area contributed by atoms with E-state index in [2.05, 4.69) is 10.7 Å². The molecule has 0 aromatic heterocycles. The van der Waals surface area contributed by atoms with E-state index in [4.69, 9.17) is 5.84 Å². The number of anilines is 2. The van der Waals surface area contributed by atoms with Gasteiger partial charge in [-0.15, -0.1) is 0 Å². The van der Waals surface area contributed by atoms with Crippen molar-refractivity contribution in [3.05, 3.63) is 64.0 Å². The maximum Gasteiger partial charge on any atom is 0.293 e. The van der Waals surface area contributed by atoms with E-state index in [0.29, 0.717) is 5.69 Å². The summed E-state index contributed by atoms with van der Waals surface area (Å²) in [6, 6.07) is 8.96. The standard InChI is InChI=1S/C13H11FN4O3/c14-9-2-4-10(5-3-9)16-13(19)8-1-6-12(18(20)21)11(7-8)17-15/h1-7,17H,15H2,(H,16,19). The van der Waals surface area contributed by atoms with Crippen LogP contribution in [-0.2, 0) is 0 Å². The minimum absolute atomic E-state index is 0.0201. The van der Waals surface area contributed by atoms with Gasteiger partial charge in [-0.05, 0) is 36.4 Å². The number of amides is 1. The summed E-state index contributed by atoms with van der Waals surface area (Å²) in [7, 11) is 0. The lowest BCUT2D eigenvalue weighted by molar-refractivity contribution is -0.384. The van der Waals surface area contributed by atoms with Crippen molar-refractivity contribution in [2.75, 3.05) is 10.7 Å². The molecule has 0 heterocycles. The second-order valence-electron chi connectivity index (χ2n) is 4.09. The number of carbonyl (C=O) groups is 1. The zero-order valence-corrected chi connectivity index (χ0v) is 10.7. The van der Waals surface area contributed by atoms with Crippen molar-refractivity contribution in [1.29, 1.82) is 0 Å². The molecule has 0 spiro atoms. The van der Waals surface area contributed by atoms with Crippen LogP contribution in [-0.4, -0.2) is 10.8 Å². The number of carbonyl (C=O) groups excluding carboxylic acids is 1. The molecule has 21 heavy (non-hydrogen) atoms. The van der Waals surface area contributed by atoms with Crippen molar-refractivity contribution in [2.45, 2.75) is 0 Å². The third kappa shape index (κ3) is 3.31. The molecule has 0 saturated heterocycles. The summed E-state index contributed by atoms with van der Waals surface area (Å²) in [6.45, 7) is 0. The minimum atomic E-state index is -0.614. The SMILES string of the molecule is NNc1cc(C(=O)Nc2ccc(F)cc2)ccc1[N+](=O)[O-]. The summed E-state index contributed by atoms with van der Waals surface area (Å²) < 4.78 is 12.8. The van der Waals surface area contributed by atoms with E-state index >= 15 is 0 Å². The first-order chi connectivity index (χ1) is 10.0. The van der Waals surface area contributed by atoms with Crippen LogP contribution < -0.4 is 16.6 Å². The molecule has 0 aliphatic rings. The second-order valence-corrected chi connectivity index (χ2v) is 4.09. The van der Waals surface area contributed by atoms with Gasteiger partial charge in [0.05, 0.1) is 4.92 Å². The maximum absolute atomic E-state index is 12.8. The van der Waals surface area contributed by atoms with Gasteiger partial charge in [0.1, 0.15) is 11.5 Å². The molecule has 2 rings (SSSR count). The predicted molar refractivity (Wildman–Crippen MR) is 75.3 cm³/mol. The number of nitrogen functional groups attached to an aromatic ring is 1. The normalized spacial score (nSPS) is 10.0. The lowest BCUT2D eigenvalue weighted by Gasteiger charge is -2.07. The van der Waals surface area contributed by atoms with E-state index in [1.165, 1.54) is 42.5 Å². The van der Waals surface area contributed by atoms with E-state index in [1.807, 2.05) is 0 Å². The quantitative estimate of drug-likeness (QED) is 0.454. The van der Waals surface area contributed by atoms with Crippen LogP contribution in [0.5, 0.6) is 0 Å². The molecule has 108 valence electrons. The first-order valence-electron chi connectivity index (χ1n) is 5.83. The van der Waals surface area contributed by atoms with E-state index < -0.39 is 16.6 Å². The molecule has 8 heteroatoms. The lowest BCUT2D eigenvalue weighted by atomic mass is 10.1. The zero-order chi connectivity index (χ0) is 15.4. The van der Waals surface area contributed by atoms with Gasteiger partial charge in [0, 0.05) is 17.3 Å². The third-order valence-electron chi connectivity index (χ3n) is 2.71. The van der Waals surface area contributed by atoms with Gasteiger partial charge in [0.2, 0.25) is 0 Å². The van der Waals surface area contributed by atoms with Gasteiger partial charge >= 0.3 is 0 Å². The summed E-state index contributed by atoms with van der Waals surface area (Å²) in [5.74, 6) is 4.29. The Morgan fingerprint density at radius 2 is 1.86 bits per heavy atom. The molecule has 0 unspecified atom stereocenters. The molecule has 1 amide bonds. The zero-order valence-electron chi connectivity index (χ0n) is 10.7. The van der Waals surface area contributed by atoms with Crippen LogP contribution in [0.25, 0.3) is 0 Å². The maximum atomic E-state index is 12.8. The first-order valence-corrected chi connectivity index (χ1v) is 5.83. The fourth-order valence-electron chi connectivity index (χ4n) is 1.69. The Bertz CT molecular complexity index is 688. The molecule has 0 bridgehead atoms. The Kier molecular flexibility index (Phi) is 4.10. The molecular formula is C13H11FN4O3. The molecule has 0 saturated carbocycles. The lowest BCUT2D eigenvalue weighted by Crippen LogP contribution is -2.14. The molecule has 0 fully saturated rings. The number of nitrogens with one attached hydrogen (secondary N) is 2.